The lowest BCUT2D eigenvalue weighted by molar-refractivity contribution is 0.281. The number of sulfonamides is 1. The van der Waals surface area contributed by atoms with E-state index in [-0.39, 0.29) is 11.5 Å². The average Bonchev–Trinajstić information content (AvgIpc) is 2.83. The quantitative estimate of drug-likeness (QED) is 0.852. The van der Waals surface area contributed by atoms with Crippen LogP contribution in [0.4, 0.5) is 0 Å². The summed E-state index contributed by atoms with van der Waals surface area (Å²) >= 11 is 5.86. The van der Waals surface area contributed by atoms with Gasteiger partial charge in [-0.2, -0.15) is 0 Å². The highest BCUT2D eigenvalue weighted by atomic mass is 35.5. The first-order chi connectivity index (χ1) is 9.42. The zero-order valence-electron chi connectivity index (χ0n) is 11.3. The first-order valence-electron chi connectivity index (χ1n) is 6.50. The summed E-state index contributed by atoms with van der Waals surface area (Å²) in [6, 6.07) is 4.35. The molecule has 5 nitrogen and oxygen atoms in total. The summed E-state index contributed by atoms with van der Waals surface area (Å²) < 4.78 is 27.0. The number of hydrogen-bond donors (Lipinski definition) is 2. The van der Waals surface area contributed by atoms with Crippen molar-refractivity contribution >= 4 is 21.6 Å². The SMILES string of the molecule is CN1CCC(CNS(=O)(=O)c2ccc(Cl)c(CO)c2)C1. The number of nitrogens with zero attached hydrogens (tertiary/aromatic N) is 1. The van der Waals surface area contributed by atoms with Gasteiger partial charge in [-0.3, -0.25) is 0 Å². The maximum Gasteiger partial charge on any atom is 0.240 e. The molecule has 1 unspecified atom stereocenters. The molecule has 20 heavy (non-hydrogen) atoms. The van der Waals surface area contributed by atoms with Gasteiger partial charge in [-0.15, -0.1) is 0 Å². The molecule has 2 N–H and O–H groups in total. The van der Waals surface area contributed by atoms with Gasteiger partial charge >= 0.3 is 0 Å². The summed E-state index contributed by atoms with van der Waals surface area (Å²) in [6.45, 7) is 2.06. The van der Waals surface area contributed by atoms with Crippen LogP contribution in [0.25, 0.3) is 0 Å². The van der Waals surface area contributed by atoms with Crippen LogP contribution < -0.4 is 4.72 Å². The van der Waals surface area contributed by atoms with Crippen LogP contribution in [0.3, 0.4) is 0 Å². The van der Waals surface area contributed by atoms with Gasteiger partial charge in [0.05, 0.1) is 11.5 Å². The van der Waals surface area contributed by atoms with Crippen LogP contribution in [0.1, 0.15) is 12.0 Å². The Labute approximate surface area is 124 Å². The van der Waals surface area contributed by atoms with Gasteiger partial charge in [0.15, 0.2) is 0 Å². The normalized spacial score (nSPS) is 20.4. The minimum absolute atomic E-state index is 0.136. The maximum absolute atomic E-state index is 12.2. The van der Waals surface area contributed by atoms with E-state index in [0.29, 0.717) is 23.0 Å². The summed E-state index contributed by atoms with van der Waals surface area (Å²) in [6.07, 6.45) is 1.00. The van der Waals surface area contributed by atoms with E-state index in [2.05, 4.69) is 9.62 Å². The molecule has 1 aliphatic heterocycles. The Morgan fingerprint density at radius 2 is 2.25 bits per heavy atom. The average molecular weight is 319 g/mol. The molecule has 7 heteroatoms. The van der Waals surface area contributed by atoms with Gasteiger partial charge in [-0.25, -0.2) is 13.1 Å². The number of halogens is 1. The number of likely N-dealkylation sites (tertiary alicyclic amines) is 1. The molecule has 1 saturated heterocycles. The maximum atomic E-state index is 12.2. The van der Waals surface area contributed by atoms with E-state index in [0.717, 1.165) is 19.5 Å². The van der Waals surface area contributed by atoms with Crippen molar-refractivity contribution in [1.29, 1.82) is 0 Å². The fourth-order valence-electron chi connectivity index (χ4n) is 2.34. The second-order valence-electron chi connectivity index (χ2n) is 5.18. The van der Waals surface area contributed by atoms with E-state index in [9.17, 15) is 8.42 Å². The number of aliphatic hydroxyl groups is 1. The Bertz CT molecular complexity index is 577. The van der Waals surface area contributed by atoms with E-state index >= 15 is 0 Å². The van der Waals surface area contributed by atoms with E-state index in [1.165, 1.54) is 18.2 Å². The smallest absolute Gasteiger partial charge is 0.240 e. The van der Waals surface area contributed by atoms with Crippen molar-refractivity contribution in [3.63, 3.8) is 0 Å². The lowest BCUT2D eigenvalue weighted by Crippen LogP contribution is -2.30. The number of hydrogen-bond acceptors (Lipinski definition) is 4. The first-order valence-corrected chi connectivity index (χ1v) is 8.36. The summed E-state index contributed by atoms with van der Waals surface area (Å²) in [7, 11) is -1.52. The predicted molar refractivity (Wildman–Crippen MR) is 78.2 cm³/mol. The van der Waals surface area contributed by atoms with Gasteiger partial charge in [0.2, 0.25) is 10.0 Å². The van der Waals surface area contributed by atoms with Crippen molar-refractivity contribution in [2.24, 2.45) is 5.92 Å². The molecule has 0 bridgehead atoms. The van der Waals surface area contributed by atoms with E-state index < -0.39 is 10.0 Å². The molecule has 0 aromatic heterocycles. The van der Waals surface area contributed by atoms with Gasteiger partial charge in [0, 0.05) is 18.1 Å². The first kappa shape index (κ1) is 15.7. The Hall–Kier alpha value is -0.660. The molecule has 1 aliphatic rings. The minimum atomic E-state index is -3.55. The predicted octanol–water partition coefficient (Wildman–Crippen LogP) is 1.06. The Morgan fingerprint density at radius 3 is 2.85 bits per heavy atom. The molecule has 112 valence electrons. The van der Waals surface area contributed by atoms with Crippen LogP contribution in [0, 0.1) is 5.92 Å². The third-order valence-electron chi connectivity index (χ3n) is 3.55. The second kappa shape index (κ2) is 6.41. The molecule has 0 spiro atoms. The highest BCUT2D eigenvalue weighted by molar-refractivity contribution is 7.89. The van der Waals surface area contributed by atoms with Gasteiger partial charge in [0.25, 0.3) is 0 Å². The number of rotatable bonds is 5. The molecule has 1 aromatic carbocycles. The van der Waals surface area contributed by atoms with Crippen molar-refractivity contribution < 1.29 is 13.5 Å². The van der Waals surface area contributed by atoms with E-state index in [4.69, 9.17) is 16.7 Å². The second-order valence-corrected chi connectivity index (χ2v) is 7.35. The van der Waals surface area contributed by atoms with E-state index in [1.807, 2.05) is 7.05 Å². The monoisotopic (exact) mass is 318 g/mol. The topological polar surface area (TPSA) is 69.6 Å². The molecular weight excluding hydrogens is 300 g/mol. The molecule has 2 rings (SSSR count). The van der Waals surface area contributed by atoms with Crippen LogP contribution in [-0.2, 0) is 16.6 Å². The Morgan fingerprint density at radius 1 is 1.50 bits per heavy atom. The highest BCUT2D eigenvalue weighted by Gasteiger charge is 2.22. The van der Waals surface area contributed by atoms with Crippen molar-refractivity contribution in [2.45, 2.75) is 17.9 Å². The van der Waals surface area contributed by atoms with Crippen LogP contribution >= 0.6 is 11.6 Å². The third-order valence-corrected chi connectivity index (χ3v) is 5.34. The number of nitrogens with one attached hydrogen (secondary N) is 1. The van der Waals surface area contributed by atoms with Gasteiger partial charge < -0.3 is 10.0 Å². The van der Waals surface area contributed by atoms with Crippen LogP contribution in [0.2, 0.25) is 5.02 Å². The molecular formula is C13H19ClN2O3S. The van der Waals surface area contributed by atoms with Gasteiger partial charge in [0.1, 0.15) is 0 Å². The lowest BCUT2D eigenvalue weighted by atomic mass is 10.1. The molecule has 1 aromatic rings. The van der Waals surface area contributed by atoms with Crippen molar-refractivity contribution in [1.82, 2.24) is 9.62 Å². The summed E-state index contributed by atoms with van der Waals surface area (Å²) in [5.74, 6) is 0.347. The molecule has 0 amide bonds. The highest BCUT2D eigenvalue weighted by Crippen LogP contribution is 2.21. The molecule has 1 atom stereocenters. The lowest BCUT2D eigenvalue weighted by Gasteiger charge is -2.13. The van der Waals surface area contributed by atoms with Crippen LogP contribution in [-0.4, -0.2) is 45.1 Å². The zero-order chi connectivity index (χ0) is 14.8. The van der Waals surface area contributed by atoms with Gasteiger partial charge in [-0.05, 0) is 49.7 Å². The standard InChI is InChI=1S/C13H19ClN2O3S/c1-16-5-4-10(8-16)7-15-20(18,19)12-2-3-13(14)11(6-12)9-17/h2-3,6,10,15,17H,4-5,7-9H2,1H3. The Kier molecular flexibility index (Phi) is 5.04. The van der Waals surface area contributed by atoms with Crippen molar-refractivity contribution in [3.8, 4) is 0 Å². The number of benzene rings is 1. The molecule has 0 aliphatic carbocycles. The van der Waals surface area contributed by atoms with E-state index in [1.54, 1.807) is 0 Å². The van der Waals surface area contributed by atoms with Crippen molar-refractivity contribution in [2.75, 3.05) is 26.7 Å². The fourth-order valence-corrected chi connectivity index (χ4v) is 3.69. The fraction of sp³-hybridized carbons (Fsp3) is 0.538. The third kappa shape index (κ3) is 3.71. The molecule has 1 fully saturated rings. The minimum Gasteiger partial charge on any atom is -0.392 e. The Balaban J connectivity index is 2.06. The van der Waals surface area contributed by atoms with Gasteiger partial charge in [-0.1, -0.05) is 11.6 Å². The number of aliphatic hydroxyl groups excluding tert-OH is 1. The summed E-state index contributed by atoms with van der Waals surface area (Å²) in [4.78, 5) is 2.32. The van der Waals surface area contributed by atoms with Crippen molar-refractivity contribution in [3.05, 3.63) is 28.8 Å². The summed E-state index contributed by atoms with van der Waals surface area (Å²) in [5, 5.41) is 9.50. The molecule has 0 saturated carbocycles. The largest absolute Gasteiger partial charge is 0.392 e. The molecule has 0 radical (unpaired) electrons. The van der Waals surface area contributed by atoms with Crippen LogP contribution in [0.15, 0.2) is 23.1 Å². The summed E-state index contributed by atoms with van der Waals surface area (Å²) in [5.41, 5.74) is 0.412. The zero-order valence-corrected chi connectivity index (χ0v) is 12.9. The van der Waals surface area contributed by atoms with Crippen LogP contribution in [0.5, 0.6) is 0 Å². The molecule has 1 heterocycles.